The molecule has 0 bridgehead atoms. The summed E-state index contributed by atoms with van der Waals surface area (Å²) in [5.74, 6) is 5.50. The molecule has 0 aliphatic carbocycles. The van der Waals surface area contributed by atoms with E-state index in [1.54, 1.807) is 19.1 Å². The number of nitrogens with zero attached hydrogens (tertiary/aromatic N) is 1. The molecule has 1 amide bonds. The average molecular weight is 254 g/mol. The van der Waals surface area contributed by atoms with Gasteiger partial charge in [0.1, 0.15) is 0 Å². The van der Waals surface area contributed by atoms with E-state index in [-0.39, 0.29) is 5.91 Å². The van der Waals surface area contributed by atoms with Crippen molar-refractivity contribution < 1.29 is 4.79 Å². The number of nitrogens with two attached hydrogens (primary N) is 1. The van der Waals surface area contributed by atoms with E-state index in [0.29, 0.717) is 17.8 Å². The van der Waals surface area contributed by atoms with Crippen LogP contribution in [-0.4, -0.2) is 22.6 Å². The van der Waals surface area contributed by atoms with Gasteiger partial charge in [-0.15, -0.1) is 0 Å². The molecule has 2 rings (SSSR count). The number of H-pyrrole nitrogens is 1. The highest BCUT2D eigenvalue weighted by Gasteiger charge is 2.10. The molecule has 0 aliphatic rings. The lowest BCUT2D eigenvalue weighted by molar-refractivity contribution is 0.102. The molecule has 0 atom stereocenters. The van der Waals surface area contributed by atoms with Gasteiger partial charge in [-0.3, -0.25) is 9.89 Å². The zero-order valence-corrected chi connectivity index (χ0v) is 10.5. The number of hydrogen-bond acceptors (Lipinski definition) is 3. The first-order chi connectivity index (χ1) is 9.20. The number of hydrogen-bond donors (Lipinski definition) is 3. The van der Waals surface area contributed by atoms with Gasteiger partial charge >= 0.3 is 0 Å². The Balaban J connectivity index is 2.08. The predicted molar refractivity (Wildman–Crippen MR) is 73.7 cm³/mol. The molecule has 0 saturated carbocycles. The summed E-state index contributed by atoms with van der Waals surface area (Å²) in [7, 11) is 0. The third kappa shape index (κ3) is 3.21. The van der Waals surface area contributed by atoms with Crippen LogP contribution in [0.5, 0.6) is 0 Å². The molecule has 4 N–H and O–H groups in total. The van der Waals surface area contributed by atoms with Crippen molar-refractivity contribution in [1.29, 1.82) is 0 Å². The Labute approximate surface area is 111 Å². The van der Waals surface area contributed by atoms with Crippen molar-refractivity contribution in [3.05, 3.63) is 47.3 Å². The van der Waals surface area contributed by atoms with E-state index < -0.39 is 0 Å². The first-order valence-corrected chi connectivity index (χ1v) is 5.81. The second kappa shape index (κ2) is 5.85. The van der Waals surface area contributed by atoms with Gasteiger partial charge in [0.2, 0.25) is 0 Å². The molecule has 0 aliphatic heterocycles. The average Bonchev–Trinajstić information content (AvgIpc) is 2.84. The topological polar surface area (TPSA) is 83.8 Å². The summed E-state index contributed by atoms with van der Waals surface area (Å²) >= 11 is 0. The molecule has 5 nitrogen and oxygen atoms in total. The van der Waals surface area contributed by atoms with Crippen LogP contribution >= 0.6 is 0 Å². The van der Waals surface area contributed by atoms with Gasteiger partial charge in [-0.05, 0) is 31.2 Å². The van der Waals surface area contributed by atoms with E-state index in [1.807, 2.05) is 12.1 Å². The lowest BCUT2D eigenvalue weighted by Gasteiger charge is -2.04. The Morgan fingerprint density at radius 3 is 2.74 bits per heavy atom. The van der Waals surface area contributed by atoms with Gasteiger partial charge in [0.15, 0.2) is 0 Å². The number of aromatic nitrogens is 2. The third-order valence-corrected chi connectivity index (χ3v) is 2.55. The van der Waals surface area contributed by atoms with Gasteiger partial charge in [-0.25, -0.2) is 0 Å². The van der Waals surface area contributed by atoms with Crippen molar-refractivity contribution in [2.24, 2.45) is 5.73 Å². The maximum atomic E-state index is 11.9. The Kier molecular flexibility index (Phi) is 3.96. The van der Waals surface area contributed by atoms with E-state index in [1.165, 1.54) is 6.20 Å². The molecule has 1 heterocycles. The maximum Gasteiger partial charge on any atom is 0.259 e. The fourth-order valence-electron chi connectivity index (χ4n) is 1.57. The highest BCUT2D eigenvalue weighted by atomic mass is 16.1. The number of carbonyl (C=O) groups excluding carboxylic acids is 1. The van der Waals surface area contributed by atoms with Crippen LogP contribution in [0.15, 0.2) is 30.5 Å². The smallest absolute Gasteiger partial charge is 0.259 e. The Hall–Kier alpha value is -2.58. The van der Waals surface area contributed by atoms with E-state index in [4.69, 9.17) is 5.73 Å². The highest BCUT2D eigenvalue weighted by Crippen LogP contribution is 2.11. The molecule has 2 aromatic rings. The van der Waals surface area contributed by atoms with Crippen LogP contribution in [0.4, 0.5) is 5.69 Å². The van der Waals surface area contributed by atoms with Crippen molar-refractivity contribution in [2.45, 2.75) is 6.92 Å². The Bertz CT molecular complexity index is 631. The van der Waals surface area contributed by atoms with Crippen molar-refractivity contribution in [2.75, 3.05) is 11.9 Å². The molecule has 5 heteroatoms. The molecule has 19 heavy (non-hydrogen) atoms. The van der Waals surface area contributed by atoms with E-state index >= 15 is 0 Å². The number of nitrogens with one attached hydrogen (secondary N) is 2. The quantitative estimate of drug-likeness (QED) is 0.706. The number of rotatable bonds is 2. The highest BCUT2D eigenvalue weighted by molar-refractivity contribution is 6.04. The maximum absolute atomic E-state index is 11.9. The molecular weight excluding hydrogens is 240 g/mol. The van der Waals surface area contributed by atoms with Crippen LogP contribution in [0.1, 0.15) is 21.6 Å². The minimum Gasteiger partial charge on any atom is -0.322 e. The van der Waals surface area contributed by atoms with Crippen molar-refractivity contribution in [1.82, 2.24) is 10.2 Å². The van der Waals surface area contributed by atoms with Gasteiger partial charge in [-0.1, -0.05) is 11.8 Å². The van der Waals surface area contributed by atoms with Gasteiger partial charge in [0, 0.05) is 16.9 Å². The number of benzene rings is 1. The summed E-state index contributed by atoms with van der Waals surface area (Å²) in [6.45, 7) is 2.13. The van der Waals surface area contributed by atoms with Crippen LogP contribution in [0, 0.1) is 18.8 Å². The summed E-state index contributed by atoms with van der Waals surface area (Å²) in [6.07, 6.45) is 1.51. The second-order valence-electron chi connectivity index (χ2n) is 3.95. The predicted octanol–water partition coefficient (Wildman–Crippen LogP) is 1.28. The first kappa shape index (κ1) is 12.9. The number of aryl methyl sites for hydroxylation is 1. The number of aromatic amines is 1. The number of carbonyl (C=O) groups is 1. The SMILES string of the molecule is Cc1[nH]ncc1C(=O)Nc1ccc(C#CCN)cc1. The largest absolute Gasteiger partial charge is 0.322 e. The zero-order chi connectivity index (χ0) is 13.7. The van der Waals surface area contributed by atoms with Crippen molar-refractivity contribution in [3.63, 3.8) is 0 Å². The van der Waals surface area contributed by atoms with E-state index in [0.717, 1.165) is 11.3 Å². The summed E-state index contributed by atoms with van der Waals surface area (Å²) in [5.41, 5.74) is 8.15. The molecule has 0 fully saturated rings. The van der Waals surface area contributed by atoms with Crippen molar-refractivity contribution >= 4 is 11.6 Å². The van der Waals surface area contributed by atoms with Gasteiger partial charge < -0.3 is 11.1 Å². The standard InChI is InChI=1S/C14H14N4O/c1-10-13(9-16-18-10)14(19)17-12-6-4-11(5-7-12)3-2-8-15/h4-7,9H,8,15H2,1H3,(H,16,18)(H,17,19). The Morgan fingerprint density at radius 1 is 1.42 bits per heavy atom. The summed E-state index contributed by atoms with van der Waals surface area (Å²) < 4.78 is 0. The van der Waals surface area contributed by atoms with Crippen LogP contribution in [0.25, 0.3) is 0 Å². The molecule has 0 saturated heterocycles. The number of amides is 1. The summed E-state index contributed by atoms with van der Waals surface area (Å²) in [4.78, 5) is 11.9. The van der Waals surface area contributed by atoms with Crippen LogP contribution in [0.2, 0.25) is 0 Å². The molecule has 0 radical (unpaired) electrons. The fourth-order valence-corrected chi connectivity index (χ4v) is 1.57. The van der Waals surface area contributed by atoms with Gasteiger partial charge in [-0.2, -0.15) is 5.10 Å². The van der Waals surface area contributed by atoms with E-state index in [2.05, 4.69) is 27.4 Å². The monoisotopic (exact) mass is 254 g/mol. The molecule has 96 valence electrons. The van der Waals surface area contributed by atoms with Gasteiger partial charge in [0.05, 0.1) is 18.3 Å². The Morgan fingerprint density at radius 2 is 2.16 bits per heavy atom. The molecule has 1 aromatic carbocycles. The second-order valence-corrected chi connectivity index (χ2v) is 3.95. The van der Waals surface area contributed by atoms with Crippen LogP contribution in [-0.2, 0) is 0 Å². The minimum atomic E-state index is -0.188. The molecule has 0 spiro atoms. The van der Waals surface area contributed by atoms with Crippen LogP contribution < -0.4 is 11.1 Å². The fraction of sp³-hybridized carbons (Fsp3) is 0.143. The minimum absolute atomic E-state index is 0.188. The number of anilines is 1. The summed E-state index contributed by atoms with van der Waals surface area (Å²) in [5, 5.41) is 9.34. The normalized spacial score (nSPS) is 9.58. The lowest BCUT2D eigenvalue weighted by atomic mass is 10.2. The van der Waals surface area contributed by atoms with Crippen molar-refractivity contribution in [3.8, 4) is 11.8 Å². The zero-order valence-electron chi connectivity index (χ0n) is 10.5. The lowest BCUT2D eigenvalue weighted by Crippen LogP contribution is -2.12. The molecular formula is C14H14N4O. The van der Waals surface area contributed by atoms with E-state index in [9.17, 15) is 4.79 Å². The van der Waals surface area contributed by atoms with Gasteiger partial charge in [0.25, 0.3) is 5.91 Å². The third-order valence-electron chi connectivity index (χ3n) is 2.55. The molecule has 1 aromatic heterocycles. The first-order valence-electron chi connectivity index (χ1n) is 5.81. The van der Waals surface area contributed by atoms with Crippen LogP contribution in [0.3, 0.4) is 0 Å². The molecule has 0 unspecified atom stereocenters. The summed E-state index contributed by atoms with van der Waals surface area (Å²) in [6, 6.07) is 7.27.